The van der Waals surface area contributed by atoms with E-state index in [9.17, 15) is 9.90 Å². The summed E-state index contributed by atoms with van der Waals surface area (Å²) in [5, 5.41) is 19.4. The maximum absolute atomic E-state index is 11.7. The van der Waals surface area contributed by atoms with Crippen molar-refractivity contribution in [3.05, 3.63) is 12.7 Å². The highest BCUT2D eigenvalue weighted by Crippen LogP contribution is 2.12. The van der Waals surface area contributed by atoms with E-state index in [0.717, 1.165) is 12.8 Å². The highest BCUT2D eigenvalue weighted by atomic mass is 16.3. The number of carbonyl (C=O) groups is 1. The molecule has 0 fully saturated rings. The summed E-state index contributed by atoms with van der Waals surface area (Å²) in [5.74, 6) is 0.225. The Labute approximate surface area is 119 Å². The maximum Gasteiger partial charge on any atom is 0.315 e. The van der Waals surface area contributed by atoms with Crippen molar-refractivity contribution < 1.29 is 9.90 Å². The van der Waals surface area contributed by atoms with Crippen LogP contribution < -0.4 is 10.6 Å². The fraction of sp³-hybridized carbons (Fsp3) is 0.769. The Bertz CT molecular complexity index is 378. The number of nitrogens with zero attached hydrogens (tertiary/aromatic N) is 3. The quantitative estimate of drug-likeness (QED) is 0.657. The van der Waals surface area contributed by atoms with Crippen molar-refractivity contribution in [2.45, 2.75) is 52.3 Å². The second-order valence-corrected chi connectivity index (χ2v) is 5.02. The van der Waals surface area contributed by atoms with E-state index in [1.807, 2.05) is 20.8 Å². The average molecular weight is 283 g/mol. The number of aromatic nitrogens is 3. The fourth-order valence-corrected chi connectivity index (χ4v) is 2.12. The van der Waals surface area contributed by atoms with Gasteiger partial charge in [0.1, 0.15) is 12.7 Å². The van der Waals surface area contributed by atoms with E-state index >= 15 is 0 Å². The van der Waals surface area contributed by atoms with Gasteiger partial charge in [0, 0.05) is 12.6 Å². The zero-order valence-electron chi connectivity index (χ0n) is 12.4. The fourth-order valence-electron chi connectivity index (χ4n) is 2.12. The lowest BCUT2D eigenvalue weighted by molar-refractivity contribution is 0.103. The Morgan fingerprint density at radius 3 is 2.65 bits per heavy atom. The first kappa shape index (κ1) is 16.4. The molecule has 20 heavy (non-hydrogen) atoms. The molecule has 0 aromatic carbocycles. The summed E-state index contributed by atoms with van der Waals surface area (Å²) in [6.07, 6.45) is 4.38. The smallest absolute Gasteiger partial charge is 0.315 e. The molecule has 0 bridgehead atoms. The van der Waals surface area contributed by atoms with Crippen LogP contribution in [0.15, 0.2) is 12.7 Å². The molecule has 1 heterocycles. The molecular weight excluding hydrogens is 258 g/mol. The van der Waals surface area contributed by atoms with E-state index in [2.05, 4.69) is 20.7 Å². The van der Waals surface area contributed by atoms with Crippen LogP contribution in [0.1, 0.15) is 33.6 Å². The number of rotatable bonds is 8. The molecule has 3 N–H and O–H groups in total. The molecule has 1 aromatic rings. The van der Waals surface area contributed by atoms with Crippen molar-refractivity contribution in [1.29, 1.82) is 0 Å². The van der Waals surface area contributed by atoms with Crippen LogP contribution in [0.3, 0.4) is 0 Å². The van der Waals surface area contributed by atoms with Crippen LogP contribution in [-0.2, 0) is 6.54 Å². The van der Waals surface area contributed by atoms with Crippen LogP contribution in [0.2, 0.25) is 0 Å². The monoisotopic (exact) mass is 283 g/mol. The van der Waals surface area contributed by atoms with Gasteiger partial charge in [-0.3, -0.25) is 4.68 Å². The topological polar surface area (TPSA) is 92.1 Å². The Kier molecular flexibility index (Phi) is 7.00. The van der Waals surface area contributed by atoms with E-state index in [0.29, 0.717) is 6.54 Å². The lowest BCUT2D eigenvalue weighted by Crippen LogP contribution is -2.45. The second kappa shape index (κ2) is 8.52. The number of hydrogen-bond donors (Lipinski definition) is 3. The third-order valence-electron chi connectivity index (χ3n) is 3.37. The predicted octanol–water partition coefficient (Wildman–Crippen LogP) is 0.763. The second-order valence-electron chi connectivity index (χ2n) is 5.02. The first-order valence-corrected chi connectivity index (χ1v) is 7.11. The molecule has 7 nitrogen and oxygen atoms in total. The number of nitrogens with one attached hydrogen (secondary N) is 2. The number of carbonyl (C=O) groups excluding carboxylic acids is 1. The molecule has 0 aliphatic heterocycles. The van der Waals surface area contributed by atoms with Crippen LogP contribution in [0, 0.1) is 5.92 Å². The molecule has 1 aromatic heterocycles. The number of urea groups is 1. The predicted molar refractivity (Wildman–Crippen MR) is 76.1 cm³/mol. The van der Waals surface area contributed by atoms with Crippen molar-refractivity contribution in [3.63, 3.8) is 0 Å². The zero-order valence-corrected chi connectivity index (χ0v) is 12.4. The lowest BCUT2D eigenvalue weighted by Gasteiger charge is -2.21. The summed E-state index contributed by atoms with van der Waals surface area (Å²) in [5.41, 5.74) is 0. The van der Waals surface area contributed by atoms with Crippen LogP contribution in [0.4, 0.5) is 4.79 Å². The summed E-state index contributed by atoms with van der Waals surface area (Å²) >= 11 is 0. The van der Waals surface area contributed by atoms with Crippen molar-refractivity contribution >= 4 is 6.03 Å². The van der Waals surface area contributed by atoms with Crippen molar-refractivity contribution in [2.24, 2.45) is 5.92 Å². The van der Waals surface area contributed by atoms with Gasteiger partial charge in [-0.25, -0.2) is 9.78 Å². The van der Waals surface area contributed by atoms with E-state index in [-0.39, 0.29) is 24.5 Å². The minimum absolute atomic E-state index is 0.0676. The van der Waals surface area contributed by atoms with Crippen molar-refractivity contribution in [1.82, 2.24) is 25.4 Å². The molecule has 0 aliphatic carbocycles. The van der Waals surface area contributed by atoms with E-state index in [4.69, 9.17) is 0 Å². The number of amides is 2. The number of aliphatic hydroxyl groups excluding tert-OH is 1. The van der Waals surface area contributed by atoms with Gasteiger partial charge >= 0.3 is 6.03 Å². The van der Waals surface area contributed by atoms with E-state index < -0.39 is 6.10 Å². The van der Waals surface area contributed by atoms with Crippen LogP contribution in [0.25, 0.3) is 0 Å². The molecule has 114 valence electrons. The van der Waals surface area contributed by atoms with Gasteiger partial charge < -0.3 is 15.7 Å². The summed E-state index contributed by atoms with van der Waals surface area (Å²) in [6.45, 7) is 6.80. The molecule has 0 spiro atoms. The van der Waals surface area contributed by atoms with Crippen LogP contribution in [0.5, 0.6) is 0 Å². The van der Waals surface area contributed by atoms with Gasteiger partial charge in [-0.15, -0.1) is 0 Å². The van der Waals surface area contributed by atoms with Gasteiger partial charge in [0.05, 0.1) is 12.6 Å². The van der Waals surface area contributed by atoms with Gasteiger partial charge in [0.25, 0.3) is 0 Å². The lowest BCUT2D eigenvalue weighted by atomic mass is 9.97. The molecule has 0 saturated heterocycles. The number of aliphatic hydroxyl groups is 1. The summed E-state index contributed by atoms with van der Waals surface area (Å²) in [6, 6.07) is -0.343. The first-order valence-electron chi connectivity index (χ1n) is 7.11. The molecule has 2 amide bonds. The molecule has 1 rings (SSSR count). The number of hydrogen-bond acceptors (Lipinski definition) is 4. The van der Waals surface area contributed by atoms with Crippen LogP contribution in [-0.4, -0.2) is 44.6 Å². The molecule has 0 aliphatic rings. The SMILES string of the molecule is CCC(CC)C(O)CNC(=O)NC(C)Cn1cncn1. The highest BCUT2D eigenvalue weighted by molar-refractivity contribution is 5.74. The van der Waals surface area contributed by atoms with Gasteiger partial charge in [-0.05, 0) is 12.8 Å². The standard InChI is InChI=1S/C13H25N5O2/c1-4-11(5-2)12(19)6-15-13(20)17-10(3)7-18-9-14-8-16-18/h8-12,19H,4-7H2,1-3H3,(H2,15,17,20). The molecule has 2 atom stereocenters. The minimum atomic E-state index is -0.499. The van der Waals surface area contributed by atoms with E-state index in [1.165, 1.54) is 6.33 Å². The Morgan fingerprint density at radius 2 is 2.10 bits per heavy atom. The zero-order chi connectivity index (χ0) is 15.0. The van der Waals surface area contributed by atoms with Crippen LogP contribution >= 0.6 is 0 Å². The van der Waals surface area contributed by atoms with Gasteiger partial charge in [-0.2, -0.15) is 5.10 Å². The Balaban J connectivity index is 2.25. The summed E-state index contributed by atoms with van der Waals surface area (Å²) < 4.78 is 1.66. The van der Waals surface area contributed by atoms with Gasteiger partial charge in [0.2, 0.25) is 0 Å². The normalized spacial score (nSPS) is 14.1. The van der Waals surface area contributed by atoms with Crippen molar-refractivity contribution in [2.75, 3.05) is 6.54 Å². The molecule has 0 saturated carbocycles. The third kappa shape index (κ3) is 5.56. The Morgan fingerprint density at radius 1 is 1.40 bits per heavy atom. The van der Waals surface area contributed by atoms with Gasteiger partial charge in [-0.1, -0.05) is 26.7 Å². The maximum atomic E-state index is 11.7. The molecule has 2 unspecified atom stereocenters. The Hall–Kier alpha value is -1.63. The first-order chi connectivity index (χ1) is 9.56. The molecule has 7 heteroatoms. The molecular formula is C13H25N5O2. The molecule has 0 radical (unpaired) electrons. The summed E-state index contributed by atoms with van der Waals surface area (Å²) in [7, 11) is 0. The van der Waals surface area contributed by atoms with E-state index in [1.54, 1.807) is 11.0 Å². The summed E-state index contributed by atoms with van der Waals surface area (Å²) in [4.78, 5) is 15.5. The largest absolute Gasteiger partial charge is 0.391 e. The minimum Gasteiger partial charge on any atom is -0.391 e. The van der Waals surface area contributed by atoms with Gasteiger partial charge in [0.15, 0.2) is 0 Å². The van der Waals surface area contributed by atoms with Crippen molar-refractivity contribution in [3.8, 4) is 0 Å². The highest BCUT2D eigenvalue weighted by Gasteiger charge is 2.16. The third-order valence-corrected chi connectivity index (χ3v) is 3.37. The average Bonchev–Trinajstić information content (AvgIpc) is 2.90.